The Morgan fingerprint density at radius 1 is 0.939 bits per heavy atom. The molecule has 33 heavy (non-hydrogen) atoms. The number of anilines is 3. The van der Waals surface area contributed by atoms with E-state index in [1.165, 1.54) is 0 Å². The summed E-state index contributed by atoms with van der Waals surface area (Å²) in [5, 5.41) is 8.90. The van der Waals surface area contributed by atoms with Gasteiger partial charge in [0.25, 0.3) is 0 Å². The highest BCUT2D eigenvalue weighted by molar-refractivity contribution is 5.84. The molecule has 4 heterocycles. The van der Waals surface area contributed by atoms with E-state index in [2.05, 4.69) is 42.4 Å². The van der Waals surface area contributed by atoms with Crippen molar-refractivity contribution < 1.29 is 4.74 Å². The lowest BCUT2D eigenvalue weighted by atomic mass is 10.1. The van der Waals surface area contributed by atoms with Crippen LogP contribution in [0.2, 0.25) is 0 Å². The standard InChI is InChI=1S/C24H22N8O/c1-2-19-15-26-23(29-22(19)13-17(1)18-7-8-25-14-18)28-20-3-5-21(6-4-20)32-16-27-24(30-32)31-9-11-33-12-10-31/h1-8,13-16,25H,9-12H2,(H,26,28,29). The number of nitrogens with zero attached hydrogens (tertiary/aromatic N) is 6. The first-order valence-corrected chi connectivity index (χ1v) is 10.8. The lowest BCUT2D eigenvalue weighted by Gasteiger charge is -2.25. The highest BCUT2D eigenvalue weighted by atomic mass is 16.5. The van der Waals surface area contributed by atoms with E-state index in [4.69, 9.17) is 9.72 Å². The summed E-state index contributed by atoms with van der Waals surface area (Å²) in [5.74, 6) is 1.28. The lowest BCUT2D eigenvalue weighted by molar-refractivity contribution is 0.122. The molecule has 1 saturated heterocycles. The van der Waals surface area contributed by atoms with E-state index >= 15 is 0 Å². The summed E-state index contributed by atoms with van der Waals surface area (Å²) >= 11 is 0. The summed E-state index contributed by atoms with van der Waals surface area (Å²) in [6, 6.07) is 16.2. The van der Waals surface area contributed by atoms with Crippen LogP contribution in [0.4, 0.5) is 17.6 Å². The number of ether oxygens (including phenoxy) is 1. The van der Waals surface area contributed by atoms with Crippen LogP contribution in [0.3, 0.4) is 0 Å². The number of fused-ring (bicyclic) bond motifs is 1. The fourth-order valence-corrected chi connectivity index (χ4v) is 3.88. The van der Waals surface area contributed by atoms with Crippen LogP contribution < -0.4 is 10.2 Å². The van der Waals surface area contributed by atoms with E-state index in [1.807, 2.05) is 55.0 Å². The van der Waals surface area contributed by atoms with Gasteiger partial charge in [-0.05, 0) is 47.5 Å². The molecular formula is C24H22N8O. The maximum Gasteiger partial charge on any atom is 0.245 e. The minimum absolute atomic E-state index is 0.553. The van der Waals surface area contributed by atoms with Gasteiger partial charge in [-0.15, -0.1) is 5.10 Å². The maximum atomic E-state index is 5.40. The molecular weight excluding hydrogens is 416 g/mol. The van der Waals surface area contributed by atoms with Gasteiger partial charge in [-0.25, -0.2) is 14.6 Å². The normalized spacial score (nSPS) is 14.0. The minimum atomic E-state index is 0.553. The van der Waals surface area contributed by atoms with Gasteiger partial charge in [0.05, 0.1) is 24.4 Å². The van der Waals surface area contributed by atoms with Crippen LogP contribution in [0.5, 0.6) is 0 Å². The molecule has 0 atom stereocenters. The third-order valence-electron chi connectivity index (χ3n) is 5.68. The van der Waals surface area contributed by atoms with Gasteiger partial charge < -0.3 is 19.9 Å². The van der Waals surface area contributed by atoms with Crippen LogP contribution in [0, 0.1) is 0 Å². The molecule has 0 radical (unpaired) electrons. The molecule has 3 aromatic heterocycles. The Kier molecular flexibility index (Phi) is 4.93. The largest absolute Gasteiger partial charge is 0.378 e. The number of morpholine rings is 1. The first-order valence-electron chi connectivity index (χ1n) is 10.8. The Bertz CT molecular complexity index is 1370. The van der Waals surface area contributed by atoms with E-state index in [0.717, 1.165) is 52.4 Å². The van der Waals surface area contributed by atoms with Gasteiger partial charge in [0, 0.05) is 42.8 Å². The molecule has 1 aliphatic rings. The van der Waals surface area contributed by atoms with Gasteiger partial charge >= 0.3 is 0 Å². The first-order chi connectivity index (χ1) is 16.3. The topological polar surface area (TPSA) is 96.8 Å². The van der Waals surface area contributed by atoms with Crippen LogP contribution in [-0.2, 0) is 4.74 Å². The maximum absolute atomic E-state index is 5.40. The highest BCUT2D eigenvalue weighted by Gasteiger charge is 2.15. The van der Waals surface area contributed by atoms with Crippen molar-refractivity contribution in [3.63, 3.8) is 0 Å². The summed E-state index contributed by atoms with van der Waals surface area (Å²) in [5.41, 5.74) is 4.96. The molecule has 1 aliphatic heterocycles. The number of hydrogen-bond acceptors (Lipinski definition) is 7. The molecule has 2 aromatic carbocycles. The molecule has 0 spiro atoms. The second-order valence-corrected chi connectivity index (χ2v) is 7.83. The van der Waals surface area contributed by atoms with Gasteiger partial charge in [-0.2, -0.15) is 4.98 Å². The summed E-state index contributed by atoms with van der Waals surface area (Å²) in [4.78, 5) is 18.8. The third kappa shape index (κ3) is 4.01. The van der Waals surface area contributed by atoms with Crippen LogP contribution >= 0.6 is 0 Å². The number of nitrogens with one attached hydrogen (secondary N) is 2. The monoisotopic (exact) mass is 438 g/mol. The molecule has 5 aromatic rings. The molecule has 1 fully saturated rings. The van der Waals surface area contributed by atoms with E-state index in [0.29, 0.717) is 19.2 Å². The van der Waals surface area contributed by atoms with E-state index in [1.54, 1.807) is 11.0 Å². The zero-order valence-corrected chi connectivity index (χ0v) is 17.8. The predicted molar refractivity (Wildman–Crippen MR) is 127 cm³/mol. The van der Waals surface area contributed by atoms with Crippen molar-refractivity contribution in [3.8, 4) is 16.8 Å². The second-order valence-electron chi connectivity index (χ2n) is 7.83. The molecule has 0 aliphatic carbocycles. The highest BCUT2D eigenvalue weighted by Crippen LogP contribution is 2.24. The van der Waals surface area contributed by atoms with Crippen molar-refractivity contribution in [1.29, 1.82) is 0 Å². The van der Waals surface area contributed by atoms with Crippen molar-refractivity contribution in [1.82, 2.24) is 29.7 Å². The van der Waals surface area contributed by atoms with Crippen LogP contribution in [0.25, 0.3) is 27.7 Å². The first kappa shape index (κ1) is 19.4. The van der Waals surface area contributed by atoms with Crippen LogP contribution in [-0.4, -0.2) is 56.0 Å². The van der Waals surface area contributed by atoms with Crippen LogP contribution in [0.1, 0.15) is 0 Å². The quantitative estimate of drug-likeness (QED) is 0.431. The summed E-state index contributed by atoms with van der Waals surface area (Å²) in [6.07, 6.45) is 7.46. The Morgan fingerprint density at radius 3 is 2.64 bits per heavy atom. The molecule has 0 unspecified atom stereocenters. The Labute approximate surface area is 190 Å². The smallest absolute Gasteiger partial charge is 0.245 e. The second kappa shape index (κ2) is 8.36. The number of rotatable bonds is 5. The fourth-order valence-electron chi connectivity index (χ4n) is 3.88. The zero-order chi connectivity index (χ0) is 22.0. The average molecular weight is 438 g/mol. The van der Waals surface area contributed by atoms with Crippen molar-refractivity contribution in [3.05, 3.63) is 73.4 Å². The van der Waals surface area contributed by atoms with Gasteiger partial charge in [0.15, 0.2) is 0 Å². The minimum Gasteiger partial charge on any atom is -0.378 e. The fraction of sp³-hybridized carbons (Fsp3) is 0.167. The molecule has 0 bridgehead atoms. The van der Waals surface area contributed by atoms with Gasteiger partial charge in [-0.3, -0.25) is 0 Å². The van der Waals surface area contributed by atoms with E-state index in [9.17, 15) is 0 Å². The third-order valence-corrected chi connectivity index (χ3v) is 5.68. The van der Waals surface area contributed by atoms with Crippen molar-refractivity contribution >= 4 is 28.5 Å². The Balaban J connectivity index is 1.19. The molecule has 164 valence electrons. The number of aromatic amines is 1. The van der Waals surface area contributed by atoms with Gasteiger partial charge in [0.2, 0.25) is 11.9 Å². The molecule has 9 nitrogen and oxygen atoms in total. The molecule has 0 saturated carbocycles. The van der Waals surface area contributed by atoms with Crippen molar-refractivity contribution in [2.24, 2.45) is 0 Å². The number of hydrogen-bond donors (Lipinski definition) is 2. The number of benzene rings is 2. The average Bonchev–Trinajstić information content (AvgIpc) is 3.58. The van der Waals surface area contributed by atoms with Gasteiger partial charge in [-0.1, -0.05) is 12.1 Å². The summed E-state index contributed by atoms with van der Waals surface area (Å²) in [7, 11) is 0. The zero-order valence-electron chi connectivity index (χ0n) is 17.8. The van der Waals surface area contributed by atoms with Crippen molar-refractivity contribution in [2.75, 3.05) is 36.5 Å². The molecule has 2 N–H and O–H groups in total. The Morgan fingerprint density at radius 2 is 1.82 bits per heavy atom. The number of aromatic nitrogens is 6. The summed E-state index contributed by atoms with van der Waals surface area (Å²) in [6.45, 7) is 3.04. The SMILES string of the molecule is c1cc(-c2ccc3cnc(Nc4ccc(-n5cnc(N6CCOCC6)n5)cc4)nc3c2)c[nH]1. The number of H-pyrrole nitrogens is 1. The van der Waals surface area contributed by atoms with Crippen molar-refractivity contribution in [2.45, 2.75) is 0 Å². The predicted octanol–water partition coefficient (Wildman–Crippen LogP) is 3.79. The molecule has 6 rings (SSSR count). The summed E-state index contributed by atoms with van der Waals surface area (Å²) < 4.78 is 7.18. The van der Waals surface area contributed by atoms with E-state index < -0.39 is 0 Å². The van der Waals surface area contributed by atoms with E-state index in [-0.39, 0.29) is 0 Å². The molecule has 0 amide bonds. The molecule has 9 heteroatoms. The van der Waals surface area contributed by atoms with Gasteiger partial charge in [0.1, 0.15) is 6.33 Å². The van der Waals surface area contributed by atoms with Crippen LogP contribution in [0.15, 0.2) is 73.4 Å². The Hall–Kier alpha value is -4.24. The lowest BCUT2D eigenvalue weighted by Crippen LogP contribution is -2.37.